The Kier molecular flexibility index (Phi) is 5.39. The minimum absolute atomic E-state index is 0.0948. The van der Waals surface area contributed by atoms with Crippen molar-refractivity contribution in [3.63, 3.8) is 0 Å². The quantitative estimate of drug-likeness (QED) is 0.755. The molecule has 0 spiro atoms. The van der Waals surface area contributed by atoms with Crippen molar-refractivity contribution >= 4 is 5.97 Å². The zero-order valence-corrected chi connectivity index (χ0v) is 13.8. The fourth-order valence-corrected chi connectivity index (χ4v) is 3.40. The number of benzene rings is 1. The Morgan fingerprint density at radius 2 is 2.13 bits per heavy atom. The summed E-state index contributed by atoms with van der Waals surface area (Å²) in [6.07, 6.45) is 3.69. The summed E-state index contributed by atoms with van der Waals surface area (Å²) in [7, 11) is 0. The van der Waals surface area contributed by atoms with Gasteiger partial charge in [0.05, 0.1) is 6.61 Å². The van der Waals surface area contributed by atoms with E-state index < -0.39 is 0 Å². The molecule has 1 atom stereocenters. The van der Waals surface area contributed by atoms with Crippen LogP contribution in [-0.4, -0.2) is 43.8 Å². The van der Waals surface area contributed by atoms with Gasteiger partial charge in [-0.2, -0.15) is 0 Å². The van der Waals surface area contributed by atoms with E-state index in [0.717, 1.165) is 37.4 Å². The first-order valence-electron chi connectivity index (χ1n) is 8.57. The summed E-state index contributed by atoms with van der Waals surface area (Å²) in [6, 6.07) is 6.68. The first kappa shape index (κ1) is 16.1. The molecule has 1 unspecified atom stereocenters. The number of nitrogens with zero attached hydrogens (tertiary/aromatic N) is 1. The van der Waals surface area contributed by atoms with E-state index in [-0.39, 0.29) is 5.97 Å². The topological polar surface area (TPSA) is 48.0 Å². The normalized spacial score (nSPS) is 20.5. The minimum atomic E-state index is -0.0948. The van der Waals surface area contributed by atoms with Gasteiger partial charge in [-0.15, -0.1) is 0 Å². The van der Waals surface area contributed by atoms with Crippen LogP contribution in [0.3, 0.4) is 0 Å². The third-order valence-electron chi connectivity index (χ3n) is 4.45. The summed E-state index contributed by atoms with van der Waals surface area (Å²) in [6.45, 7) is 5.55. The van der Waals surface area contributed by atoms with E-state index in [1.54, 1.807) is 0 Å². The molecule has 126 valence electrons. The van der Waals surface area contributed by atoms with Crippen molar-refractivity contribution in [3.8, 4) is 11.5 Å². The fraction of sp³-hybridized carbons (Fsp3) is 0.611. The molecule has 5 heteroatoms. The van der Waals surface area contributed by atoms with Crippen LogP contribution < -0.4 is 9.47 Å². The monoisotopic (exact) mass is 319 g/mol. The summed E-state index contributed by atoms with van der Waals surface area (Å²) in [5.74, 6) is 1.60. The highest BCUT2D eigenvalue weighted by atomic mass is 16.6. The van der Waals surface area contributed by atoms with Crippen LogP contribution >= 0.6 is 0 Å². The molecule has 2 aliphatic rings. The summed E-state index contributed by atoms with van der Waals surface area (Å²) < 4.78 is 16.3. The summed E-state index contributed by atoms with van der Waals surface area (Å²) in [5.41, 5.74) is 1.28. The summed E-state index contributed by atoms with van der Waals surface area (Å²) in [4.78, 5) is 13.9. The summed E-state index contributed by atoms with van der Waals surface area (Å²) >= 11 is 0. The molecule has 1 fully saturated rings. The van der Waals surface area contributed by atoms with E-state index in [0.29, 0.717) is 32.3 Å². The van der Waals surface area contributed by atoms with Crippen molar-refractivity contribution in [2.75, 3.05) is 32.9 Å². The van der Waals surface area contributed by atoms with Crippen molar-refractivity contribution in [1.82, 2.24) is 4.90 Å². The molecule has 5 nitrogen and oxygen atoms in total. The number of esters is 1. The Morgan fingerprint density at radius 3 is 2.96 bits per heavy atom. The standard InChI is InChI=1S/C18H25NO4/c1-2-21-18(20)6-4-10-19-9-3-5-15(19)14-7-8-16-17(13-14)23-12-11-22-16/h7-8,13,15H,2-6,9-12H2,1H3. The van der Waals surface area contributed by atoms with Gasteiger partial charge in [-0.05, 0) is 57.0 Å². The van der Waals surface area contributed by atoms with E-state index in [1.807, 2.05) is 13.0 Å². The van der Waals surface area contributed by atoms with Gasteiger partial charge in [-0.3, -0.25) is 9.69 Å². The highest BCUT2D eigenvalue weighted by Gasteiger charge is 2.27. The smallest absolute Gasteiger partial charge is 0.305 e. The van der Waals surface area contributed by atoms with Crippen molar-refractivity contribution < 1.29 is 19.0 Å². The SMILES string of the molecule is CCOC(=O)CCCN1CCCC1c1ccc2c(c1)OCCO2. The van der Waals surface area contributed by atoms with Crippen LogP contribution in [0.2, 0.25) is 0 Å². The molecule has 0 amide bonds. The number of ether oxygens (including phenoxy) is 3. The highest BCUT2D eigenvalue weighted by Crippen LogP contribution is 2.38. The maximum Gasteiger partial charge on any atom is 0.305 e. The van der Waals surface area contributed by atoms with Crippen LogP contribution in [0, 0.1) is 0 Å². The van der Waals surface area contributed by atoms with Gasteiger partial charge >= 0.3 is 5.97 Å². The maximum atomic E-state index is 11.5. The van der Waals surface area contributed by atoms with Crippen LogP contribution in [0.4, 0.5) is 0 Å². The number of fused-ring (bicyclic) bond motifs is 1. The molecule has 1 aromatic carbocycles. The molecule has 1 saturated heterocycles. The second-order valence-electron chi connectivity index (χ2n) is 6.01. The first-order chi connectivity index (χ1) is 11.3. The van der Waals surface area contributed by atoms with E-state index in [2.05, 4.69) is 17.0 Å². The molecular weight excluding hydrogens is 294 g/mol. The van der Waals surface area contributed by atoms with Crippen LogP contribution in [-0.2, 0) is 9.53 Å². The molecule has 2 aliphatic heterocycles. The van der Waals surface area contributed by atoms with Gasteiger partial charge in [-0.25, -0.2) is 0 Å². The average molecular weight is 319 g/mol. The minimum Gasteiger partial charge on any atom is -0.486 e. The summed E-state index contributed by atoms with van der Waals surface area (Å²) in [5, 5.41) is 0. The van der Waals surface area contributed by atoms with E-state index in [9.17, 15) is 4.79 Å². The van der Waals surface area contributed by atoms with Crippen LogP contribution in [0.5, 0.6) is 11.5 Å². The van der Waals surface area contributed by atoms with E-state index in [4.69, 9.17) is 14.2 Å². The van der Waals surface area contributed by atoms with Gasteiger partial charge in [0.25, 0.3) is 0 Å². The molecule has 1 aromatic rings. The van der Waals surface area contributed by atoms with Crippen LogP contribution in [0.1, 0.15) is 44.2 Å². The molecule has 0 bridgehead atoms. The lowest BCUT2D eigenvalue weighted by molar-refractivity contribution is -0.143. The number of hydrogen-bond donors (Lipinski definition) is 0. The van der Waals surface area contributed by atoms with Gasteiger partial charge < -0.3 is 14.2 Å². The number of hydrogen-bond acceptors (Lipinski definition) is 5. The lowest BCUT2D eigenvalue weighted by Gasteiger charge is -2.26. The van der Waals surface area contributed by atoms with E-state index >= 15 is 0 Å². The Balaban J connectivity index is 1.59. The van der Waals surface area contributed by atoms with Crippen molar-refractivity contribution in [2.24, 2.45) is 0 Å². The zero-order valence-electron chi connectivity index (χ0n) is 13.8. The lowest BCUT2D eigenvalue weighted by Crippen LogP contribution is -2.25. The molecule has 0 aromatic heterocycles. The number of carbonyl (C=O) groups excluding carboxylic acids is 1. The van der Waals surface area contributed by atoms with Crippen molar-refractivity contribution in [1.29, 1.82) is 0 Å². The number of rotatable bonds is 6. The predicted molar refractivity (Wildman–Crippen MR) is 86.8 cm³/mol. The average Bonchev–Trinajstić information content (AvgIpc) is 3.03. The third kappa shape index (κ3) is 3.96. The molecule has 0 N–H and O–H groups in total. The van der Waals surface area contributed by atoms with Crippen LogP contribution in [0.15, 0.2) is 18.2 Å². The maximum absolute atomic E-state index is 11.5. The van der Waals surface area contributed by atoms with Crippen molar-refractivity contribution in [3.05, 3.63) is 23.8 Å². The molecule has 0 aliphatic carbocycles. The van der Waals surface area contributed by atoms with Gasteiger partial charge in [0, 0.05) is 12.5 Å². The fourth-order valence-electron chi connectivity index (χ4n) is 3.40. The number of likely N-dealkylation sites (tertiary alicyclic amines) is 1. The van der Waals surface area contributed by atoms with Gasteiger partial charge in [0.1, 0.15) is 13.2 Å². The first-order valence-corrected chi connectivity index (χ1v) is 8.57. The Labute approximate surface area is 137 Å². The van der Waals surface area contributed by atoms with Gasteiger partial charge in [0.2, 0.25) is 0 Å². The highest BCUT2D eigenvalue weighted by molar-refractivity contribution is 5.69. The van der Waals surface area contributed by atoms with Gasteiger partial charge in [-0.1, -0.05) is 6.07 Å². The number of carbonyl (C=O) groups is 1. The van der Waals surface area contributed by atoms with Crippen molar-refractivity contribution in [2.45, 2.75) is 38.6 Å². The third-order valence-corrected chi connectivity index (χ3v) is 4.45. The molecule has 23 heavy (non-hydrogen) atoms. The van der Waals surface area contributed by atoms with Gasteiger partial charge in [0.15, 0.2) is 11.5 Å². The molecule has 0 radical (unpaired) electrons. The zero-order chi connectivity index (χ0) is 16.1. The predicted octanol–water partition coefficient (Wildman–Crippen LogP) is 2.94. The second-order valence-corrected chi connectivity index (χ2v) is 6.01. The Bertz CT molecular complexity index is 546. The molecule has 2 heterocycles. The van der Waals surface area contributed by atoms with Crippen LogP contribution in [0.25, 0.3) is 0 Å². The Hall–Kier alpha value is -1.75. The van der Waals surface area contributed by atoms with E-state index in [1.165, 1.54) is 12.0 Å². The lowest BCUT2D eigenvalue weighted by atomic mass is 10.0. The molecule has 3 rings (SSSR count). The largest absolute Gasteiger partial charge is 0.486 e. The molecule has 0 saturated carbocycles. The Morgan fingerprint density at radius 1 is 1.30 bits per heavy atom. The second kappa shape index (κ2) is 7.68. The molecular formula is C18H25NO4.